The molecule has 0 bridgehead atoms. The van der Waals surface area contributed by atoms with Gasteiger partial charge in [-0.15, -0.1) is 11.3 Å². The van der Waals surface area contributed by atoms with Gasteiger partial charge < -0.3 is 10.4 Å². The molecule has 6 nitrogen and oxygen atoms in total. The number of carbonyl (C=O) groups excluding carboxylic acids is 2. The predicted molar refractivity (Wildman–Crippen MR) is 80.4 cm³/mol. The molecule has 0 radical (unpaired) electrons. The van der Waals surface area contributed by atoms with Crippen LogP contribution in [-0.2, 0) is 0 Å². The van der Waals surface area contributed by atoms with Gasteiger partial charge in [0, 0.05) is 11.3 Å². The molecule has 0 fully saturated rings. The second-order valence-electron chi connectivity index (χ2n) is 4.19. The molecule has 0 saturated heterocycles. The average molecular weight is 304 g/mol. The third-order valence-corrected chi connectivity index (χ3v) is 3.57. The molecule has 7 heteroatoms. The maximum atomic E-state index is 11.8. The number of Topliss-reactive ketones (excluding diaryl/α,β-unsaturated/α-hetero) is 1. The minimum Gasteiger partial charge on any atom is -0.477 e. The van der Waals surface area contributed by atoms with Gasteiger partial charge in [-0.25, -0.2) is 9.59 Å². The molecular weight excluding hydrogens is 292 g/mol. The van der Waals surface area contributed by atoms with Crippen molar-refractivity contribution in [1.82, 2.24) is 0 Å². The Kier molecular flexibility index (Phi) is 4.34. The Labute approximate surface area is 124 Å². The number of nitrogens with one attached hydrogen (secondary N) is 2. The van der Waals surface area contributed by atoms with Crippen molar-refractivity contribution in [1.29, 1.82) is 0 Å². The van der Waals surface area contributed by atoms with Gasteiger partial charge in [-0.05, 0) is 31.2 Å². The lowest BCUT2D eigenvalue weighted by atomic mass is 10.1. The first-order chi connectivity index (χ1) is 9.95. The lowest BCUT2D eigenvalue weighted by Gasteiger charge is -2.06. The third-order valence-electron chi connectivity index (χ3n) is 2.58. The number of benzene rings is 1. The first-order valence-electron chi connectivity index (χ1n) is 5.98. The number of anilines is 2. The van der Waals surface area contributed by atoms with Crippen LogP contribution in [0.4, 0.5) is 15.5 Å². The van der Waals surface area contributed by atoms with Crippen molar-refractivity contribution in [2.75, 3.05) is 10.6 Å². The lowest BCUT2D eigenvalue weighted by molar-refractivity contribution is 0.0702. The van der Waals surface area contributed by atoms with Crippen LogP contribution in [0.2, 0.25) is 0 Å². The number of aromatic carboxylic acids is 1. The van der Waals surface area contributed by atoms with Crippen LogP contribution < -0.4 is 10.6 Å². The van der Waals surface area contributed by atoms with Crippen LogP contribution in [0.5, 0.6) is 0 Å². The molecule has 0 aliphatic rings. The fourth-order valence-corrected chi connectivity index (χ4v) is 2.35. The molecule has 0 atom stereocenters. The molecule has 1 aromatic carbocycles. The minimum absolute atomic E-state index is 0.0941. The van der Waals surface area contributed by atoms with Crippen molar-refractivity contribution in [3.05, 3.63) is 46.8 Å². The Morgan fingerprint density at radius 3 is 2.48 bits per heavy atom. The Morgan fingerprint density at radius 2 is 1.86 bits per heavy atom. The Bertz CT molecular complexity index is 709. The summed E-state index contributed by atoms with van der Waals surface area (Å²) in [6.07, 6.45) is 0. The summed E-state index contributed by atoms with van der Waals surface area (Å²) in [4.78, 5) is 33.9. The van der Waals surface area contributed by atoms with E-state index in [1.807, 2.05) is 0 Å². The van der Waals surface area contributed by atoms with Gasteiger partial charge in [0.05, 0.1) is 5.00 Å². The van der Waals surface area contributed by atoms with Crippen molar-refractivity contribution in [3.63, 3.8) is 0 Å². The zero-order valence-corrected chi connectivity index (χ0v) is 11.9. The van der Waals surface area contributed by atoms with Crippen LogP contribution in [0.3, 0.4) is 0 Å². The van der Waals surface area contributed by atoms with Gasteiger partial charge in [0.1, 0.15) is 4.88 Å². The van der Waals surface area contributed by atoms with Crippen LogP contribution in [-0.4, -0.2) is 22.9 Å². The van der Waals surface area contributed by atoms with E-state index >= 15 is 0 Å². The topological polar surface area (TPSA) is 95.5 Å². The van der Waals surface area contributed by atoms with Crippen molar-refractivity contribution >= 4 is 39.8 Å². The van der Waals surface area contributed by atoms with Gasteiger partial charge >= 0.3 is 12.0 Å². The summed E-state index contributed by atoms with van der Waals surface area (Å²) in [6, 6.07) is 8.97. The van der Waals surface area contributed by atoms with Gasteiger partial charge in [-0.2, -0.15) is 0 Å². The smallest absolute Gasteiger partial charge is 0.345 e. The van der Waals surface area contributed by atoms with Crippen LogP contribution in [0, 0.1) is 0 Å². The fourth-order valence-electron chi connectivity index (χ4n) is 1.61. The quantitative estimate of drug-likeness (QED) is 0.755. The molecule has 1 heterocycles. The Hall–Kier alpha value is -2.67. The number of amides is 2. The summed E-state index contributed by atoms with van der Waals surface area (Å²) >= 11 is 0.962. The lowest BCUT2D eigenvalue weighted by Crippen LogP contribution is -2.18. The maximum Gasteiger partial charge on any atom is 0.345 e. The summed E-state index contributed by atoms with van der Waals surface area (Å²) < 4.78 is 0. The van der Waals surface area contributed by atoms with E-state index in [9.17, 15) is 14.4 Å². The third kappa shape index (κ3) is 3.90. The molecule has 108 valence electrons. The molecule has 2 rings (SSSR count). The van der Waals surface area contributed by atoms with E-state index in [4.69, 9.17) is 5.11 Å². The number of urea groups is 1. The highest BCUT2D eigenvalue weighted by Gasteiger charge is 2.09. The van der Waals surface area contributed by atoms with E-state index in [-0.39, 0.29) is 10.7 Å². The minimum atomic E-state index is -1.04. The fraction of sp³-hybridized carbons (Fsp3) is 0.0714. The van der Waals surface area contributed by atoms with E-state index in [0.717, 1.165) is 11.3 Å². The largest absolute Gasteiger partial charge is 0.477 e. The molecule has 0 unspecified atom stereocenters. The number of thiophene rings is 1. The predicted octanol–water partition coefficient (Wildman–Crippen LogP) is 3.29. The van der Waals surface area contributed by atoms with E-state index in [1.165, 1.54) is 19.1 Å². The van der Waals surface area contributed by atoms with Gasteiger partial charge in [0.15, 0.2) is 5.78 Å². The zero-order chi connectivity index (χ0) is 15.4. The number of hydrogen-bond acceptors (Lipinski definition) is 4. The number of carbonyl (C=O) groups is 3. The number of carboxylic acid groups (broad SMARTS) is 1. The van der Waals surface area contributed by atoms with E-state index in [0.29, 0.717) is 16.3 Å². The van der Waals surface area contributed by atoms with E-state index in [1.54, 1.807) is 24.3 Å². The number of hydrogen-bond donors (Lipinski definition) is 3. The van der Waals surface area contributed by atoms with Crippen molar-refractivity contribution in [2.24, 2.45) is 0 Å². The standard InChI is InChI=1S/C14H12N2O4S/c1-8(17)9-3-2-4-10(7-9)15-14(20)16-12-6-5-11(21-12)13(18)19/h2-7H,1H3,(H,18,19)(H2,15,16,20). The summed E-state index contributed by atoms with van der Waals surface area (Å²) in [5.74, 6) is -1.13. The summed E-state index contributed by atoms with van der Waals surface area (Å²) in [7, 11) is 0. The molecule has 0 aliphatic heterocycles. The Morgan fingerprint density at radius 1 is 1.10 bits per heavy atom. The zero-order valence-electron chi connectivity index (χ0n) is 11.0. The van der Waals surface area contributed by atoms with Gasteiger partial charge in [0.25, 0.3) is 0 Å². The van der Waals surface area contributed by atoms with Crippen molar-refractivity contribution in [3.8, 4) is 0 Å². The number of carboxylic acids is 1. The SMILES string of the molecule is CC(=O)c1cccc(NC(=O)Nc2ccc(C(=O)O)s2)c1. The summed E-state index contributed by atoms with van der Waals surface area (Å²) in [5.41, 5.74) is 0.979. The summed E-state index contributed by atoms with van der Waals surface area (Å²) in [6.45, 7) is 1.44. The second kappa shape index (κ2) is 6.19. The molecule has 2 amide bonds. The molecule has 0 aliphatic carbocycles. The molecule has 21 heavy (non-hydrogen) atoms. The van der Waals surface area contributed by atoms with E-state index < -0.39 is 12.0 Å². The number of rotatable bonds is 4. The maximum absolute atomic E-state index is 11.8. The molecule has 3 N–H and O–H groups in total. The molecule has 0 saturated carbocycles. The Balaban J connectivity index is 2.02. The highest BCUT2D eigenvalue weighted by atomic mass is 32.1. The van der Waals surface area contributed by atoms with Crippen LogP contribution in [0.1, 0.15) is 27.0 Å². The average Bonchev–Trinajstić information content (AvgIpc) is 2.87. The van der Waals surface area contributed by atoms with Crippen LogP contribution in [0.15, 0.2) is 36.4 Å². The van der Waals surface area contributed by atoms with Gasteiger partial charge in [-0.3, -0.25) is 10.1 Å². The monoisotopic (exact) mass is 304 g/mol. The van der Waals surface area contributed by atoms with Gasteiger partial charge in [0.2, 0.25) is 0 Å². The van der Waals surface area contributed by atoms with Crippen molar-refractivity contribution < 1.29 is 19.5 Å². The highest BCUT2D eigenvalue weighted by molar-refractivity contribution is 7.18. The molecule has 2 aromatic rings. The highest BCUT2D eigenvalue weighted by Crippen LogP contribution is 2.22. The second-order valence-corrected chi connectivity index (χ2v) is 5.27. The number of ketones is 1. The van der Waals surface area contributed by atoms with Crippen LogP contribution >= 0.6 is 11.3 Å². The van der Waals surface area contributed by atoms with Gasteiger partial charge in [-0.1, -0.05) is 12.1 Å². The summed E-state index contributed by atoms with van der Waals surface area (Å²) in [5, 5.41) is 14.3. The first-order valence-corrected chi connectivity index (χ1v) is 6.79. The van der Waals surface area contributed by atoms with Crippen LogP contribution in [0.25, 0.3) is 0 Å². The molecule has 1 aromatic heterocycles. The van der Waals surface area contributed by atoms with Crippen molar-refractivity contribution in [2.45, 2.75) is 6.92 Å². The van der Waals surface area contributed by atoms with E-state index in [2.05, 4.69) is 10.6 Å². The molecular formula is C14H12N2O4S. The first kappa shape index (κ1) is 14.7. The normalized spacial score (nSPS) is 9.95. The molecule has 0 spiro atoms.